The first-order valence-corrected chi connectivity index (χ1v) is 11.9. The van der Waals surface area contributed by atoms with Gasteiger partial charge in [-0.15, -0.1) is 0 Å². The van der Waals surface area contributed by atoms with Crippen molar-refractivity contribution in [1.82, 2.24) is 15.0 Å². The average Bonchev–Trinajstić information content (AvgIpc) is 2.93. The standard InChI is InChI=1S/C27H29N7O2/c1-2-26(35)31-21-7-11-30-25(15-21)27-24-8-10-29-17-19(24)9-12-34(27)32-20-3-5-22(6-4-20)33-13-14-36-23(16-28)18-33/h2-12,15,17,23,27,32H,1,13-14,16,18,28H2,(H,30,31,35)/t23?,27-/m0/s1. The van der Waals surface area contributed by atoms with Crippen LogP contribution in [-0.4, -0.2) is 53.2 Å². The maximum atomic E-state index is 11.8. The molecule has 1 aromatic carbocycles. The Kier molecular flexibility index (Phi) is 6.92. The number of morpholine rings is 1. The molecular formula is C27H29N7O2. The van der Waals surface area contributed by atoms with Crippen LogP contribution in [0.3, 0.4) is 0 Å². The van der Waals surface area contributed by atoms with Crippen molar-refractivity contribution in [2.45, 2.75) is 12.1 Å². The molecule has 2 aromatic heterocycles. The minimum absolute atomic E-state index is 0.0601. The molecule has 0 aliphatic carbocycles. The third-order valence-electron chi connectivity index (χ3n) is 6.28. The van der Waals surface area contributed by atoms with Gasteiger partial charge >= 0.3 is 0 Å². The third kappa shape index (κ3) is 5.07. The highest BCUT2D eigenvalue weighted by atomic mass is 16.5. The molecule has 3 aromatic rings. The quantitative estimate of drug-likeness (QED) is 0.440. The van der Waals surface area contributed by atoms with Crippen molar-refractivity contribution >= 4 is 29.0 Å². The van der Waals surface area contributed by atoms with E-state index in [1.165, 1.54) is 6.08 Å². The Bertz CT molecular complexity index is 1260. The van der Waals surface area contributed by atoms with E-state index >= 15 is 0 Å². The van der Waals surface area contributed by atoms with Crippen LogP contribution in [0.1, 0.15) is 22.9 Å². The summed E-state index contributed by atoms with van der Waals surface area (Å²) in [4.78, 5) is 23.0. The highest BCUT2D eigenvalue weighted by molar-refractivity contribution is 5.98. The van der Waals surface area contributed by atoms with Crippen molar-refractivity contribution in [3.63, 3.8) is 0 Å². The number of carbonyl (C=O) groups is 1. The second kappa shape index (κ2) is 10.6. The number of anilines is 3. The highest BCUT2D eigenvalue weighted by Gasteiger charge is 2.27. The van der Waals surface area contributed by atoms with E-state index in [0.29, 0.717) is 18.8 Å². The summed E-state index contributed by atoms with van der Waals surface area (Å²) in [7, 11) is 0. The number of hydrogen-bond donors (Lipinski definition) is 3. The van der Waals surface area contributed by atoms with Crippen LogP contribution in [0.15, 0.2) is 79.9 Å². The van der Waals surface area contributed by atoms with E-state index in [1.807, 2.05) is 35.6 Å². The number of fused-ring (bicyclic) bond motifs is 1. The van der Waals surface area contributed by atoms with Crippen molar-refractivity contribution in [3.8, 4) is 0 Å². The zero-order valence-electron chi connectivity index (χ0n) is 19.9. The number of rotatable bonds is 7. The molecule has 4 N–H and O–H groups in total. The topological polar surface area (TPSA) is 109 Å². The van der Waals surface area contributed by atoms with E-state index in [-0.39, 0.29) is 18.1 Å². The van der Waals surface area contributed by atoms with Gasteiger partial charge in [-0.1, -0.05) is 6.58 Å². The van der Waals surface area contributed by atoms with Gasteiger partial charge in [0.15, 0.2) is 0 Å². The molecule has 2 aliphatic rings. The zero-order valence-corrected chi connectivity index (χ0v) is 19.9. The fraction of sp³-hybridized carbons (Fsp3) is 0.222. The Labute approximate surface area is 210 Å². The molecule has 0 bridgehead atoms. The number of nitrogens with zero attached hydrogens (tertiary/aromatic N) is 4. The molecule has 0 spiro atoms. The molecule has 36 heavy (non-hydrogen) atoms. The molecule has 4 heterocycles. The molecule has 1 saturated heterocycles. The number of hydrogen-bond acceptors (Lipinski definition) is 8. The monoisotopic (exact) mass is 483 g/mol. The maximum Gasteiger partial charge on any atom is 0.247 e. The van der Waals surface area contributed by atoms with Crippen molar-refractivity contribution in [2.75, 3.05) is 41.9 Å². The lowest BCUT2D eigenvalue weighted by Gasteiger charge is -2.36. The summed E-state index contributed by atoms with van der Waals surface area (Å²) >= 11 is 0. The first-order valence-electron chi connectivity index (χ1n) is 11.9. The van der Waals surface area contributed by atoms with E-state index in [1.54, 1.807) is 18.5 Å². The summed E-state index contributed by atoms with van der Waals surface area (Å²) in [5.74, 6) is -0.270. The lowest BCUT2D eigenvalue weighted by molar-refractivity contribution is -0.111. The highest BCUT2D eigenvalue weighted by Crippen LogP contribution is 2.35. The van der Waals surface area contributed by atoms with Crippen LogP contribution < -0.4 is 21.4 Å². The number of benzene rings is 1. The van der Waals surface area contributed by atoms with Gasteiger partial charge in [0.1, 0.15) is 6.04 Å². The maximum absolute atomic E-state index is 11.8. The first-order chi connectivity index (χ1) is 17.6. The Balaban J connectivity index is 1.40. The number of aromatic nitrogens is 2. The van der Waals surface area contributed by atoms with Gasteiger partial charge in [-0.05, 0) is 60.2 Å². The summed E-state index contributed by atoms with van der Waals surface area (Å²) in [5, 5.41) is 4.83. The normalized spacial score (nSPS) is 18.9. The largest absolute Gasteiger partial charge is 0.373 e. The molecule has 1 amide bonds. The molecule has 9 nitrogen and oxygen atoms in total. The van der Waals surface area contributed by atoms with E-state index in [9.17, 15) is 4.79 Å². The summed E-state index contributed by atoms with van der Waals surface area (Å²) in [5.41, 5.74) is 14.9. The lowest BCUT2D eigenvalue weighted by Crippen LogP contribution is -2.45. The Morgan fingerprint density at radius 3 is 2.86 bits per heavy atom. The van der Waals surface area contributed by atoms with Crippen molar-refractivity contribution in [3.05, 3.63) is 96.7 Å². The second-order valence-corrected chi connectivity index (χ2v) is 8.63. The number of pyridine rings is 2. The number of nitrogens with one attached hydrogen (secondary N) is 2. The third-order valence-corrected chi connectivity index (χ3v) is 6.28. The molecule has 2 aliphatic heterocycles. The van der Waals surface area contributed by atoms with Crippen molar-refractivity contribution in [1.29, 1.82) is 0 Å². The van der Waals surface area contributed by atoms with Crippen LogP contribution >= 0.6 is 0 Å². The fourth-order valence-corrected chi connectivity index (χ4v) is 4.47. The predicted molar refractivity (Wildman–Crippen MR) is 141 cm³/mol. The first kappa shape index (κ1) is 23.5. The molecule has 184 valence electrons. The molecule has 9 heteroatoms. The van der Waals surface area contributed by atoms with Crippen molar-refractivity contribution in [2.24, 2.45) is 5.73 Å². The summed E-state index contributed by atoms with van der Waals surface area (Å²) in [6, 6.07) is 13.7. The number of hydrazine groups is 1. The van der Waals surface area contributed by atoms with E-state index in [4.69, 9.17) is 10.5 Å². The number of ether oxygens (including phenoxy) is 1. The minimum Gasteiger partial charge on any atom is -0.373 e. The number of amides is 1. The fourth-order valence-electron chi connectivity index (χ4n) is 4.47. The average molecular weight is 484 g/mol. The van der Waals surface area contributed by atoms with E-state index < -0.39 is 0 Å². The van der Waals surface area contributed by atoms with Crippen LogP contribution in [0.25, 0.3) is 6.08 Å². The SMILES string of the molecule is C=CC(=O)Nc1ccnc([C@@H]2c3ccncc3C=CN2Nc2ccc(N3CCOC(CN)C3)cc2)c1. The van der Waals surface area contributed by atoms with Gasteiger partial charge in [-0.2, -0.15) is 0 Å². The van der Waals surface area contributed by atoms with Crippen LogP contribution in [0, 0.1) is 0 Å². The lowest BCUT2D eigenvalue weighted by atomic mass is 9.96. The molecule has 1 unspecified atom stereocenters. The van der Waals surface area contributed by atoms with Crippen LogP contribution in [-0.2, 0) is 9.53 Å². The van der Waals surface area contributed by atoms with Gasteiger partial charge < -0.3 is 20.7 Å². The molecule has 5 rings (SSSR count). The number of carbonyl (C=O) groups excluding carboxylic acids is 1. The van der Waals surface area contributed by atoms with Gasteiger partial charge in [0, 0.05) is 61.4 Å². The molecule has 2 atom stereocenters. The van der Waals surface area contributed by atoms with E-state index in [0.717, 1.165) is 41.3 Å². The van der Waals surface area contributed by atoms with Gasteiger partial charge in [-0.3, -0.25) is 25.2 Å². The smallest absolute Gasteiger partial charge is 0.247 e. The summed E-state index contributed by atoms with van der Waals surface area (Å²) < 4.78 is 5.69. The Morgan fingerprint density at radius 2 is 2.06 bits per heavy atom. The zero-order chi connectivity index (χ0) is 24.9. The van der Waals surface area contributed by atoms with Crippen LogP contribution in [0.4, 0.5) is 17.1 Å². The van der Waals surface area contributed by atoms with Crippen LogP contribution in [0.5, 0.6) is 0 Å². The predicted octanol–water partition coefficient (Wildman–Crippen LogP) is 3.17. The Hall–Kier alpha value is -4.21. The number of nitrogens with two attached hydrogens (primary N) is 1. The van der Waals surface area contributed by atoms with Gasteiger partial charge in [0.25, 0.3) is 0 Å². The molecular weight excluding hydrogens is 454 g/mol. The summed E-state index contributed by atoms with van der Waals surface area (Å²) in [6.45, 7) is 6.35. The van der Waals surface area contributed by atoms with Crippen molar-refractivity contribution < 1.29 is 9.53 Å². The molecule has 0 saturated carbocycles. The van der Waals surface area contributed by atoms with E-state index in [2.05, 4.69) is 56.5 Å². The Morgan fingerprint density at radius 1 is 1.19 bits per heavy atom. The molecule has 1 fully saturated rings. The van der Waals surface area contributed by atoms with Gasteiger partial charge in [-0.25, -0.2) is 0 Å². The molecule has 0 radical (unpaired) electrons. The second-order valence-electron chi connectivity index (χ2n) is 8.63. The van der Waals surface area contributed by atoms with Gasteiger partial charge in [0.2, 0.25) is 5.91 Å². The van der Waals surface area contributed by atoms with Gasteiger partial charge in [0.05, 0.1) is 24.1 Å². The van der Waals surface area contributed by atoms with Crippen LogP contribution in [0.2, 0.25) is 0 Å². The summed E-state index contributed by atoms with van der Waals surface area (Å²) in [6.07, 6.45) is 10.6. The minimum atomic E-state index is -0.270.